The molecule has 1 saturated heterocycles. The summed E-state index contributed by atoms with van der Waals surface area (Å²) in [6, 6.07) is 7.73. The van der Waals surface area contributed by atoms with Gasteiger partial charge in [0, 0.05) is 0 Å². The van der Waals surface area contributed by atoms with Gasteiger partial charge in [0.05, 0.1) is 11.4 Å². The fourth-order valence-corrected chi connectivity index (χ4v) is 2.38. The monoisotopic (exact) mass is 257 g/mol. The molecule has 0 bridgehead atoms. The van der Waals surface area contributed by atoms with Gasteiger partial charge < -0.3 is 0 Å². The van der Waals surface area contributed by atoms with Crippen molar-refractivity contribution < 1.29 is 9.59 Å². The number of terminal acetylenes is 1. The molecule has 2 rings (SSSR count). The Kier molecular flexibility index (Phi) is 3.54. The first-order valence-electron chi connectivity index (χ1n) is 5.37. The van der Waals surface area contributed by atoms with E-state index in [1.54, 1.807) is 6.08 Å². The average Bonchev–Trinajstić information content (AvgIpc) is 2.60. The second-order valence-electron chi connectivity index (χ2n) is 3.88. The van der Waals surface area contributed by atoms with Crippen molar-refractivity contribution in [1.29, 1.82) is 0 Å². The zero-order valence-electron chi connectivity index (χ0n) is 9.84. The molecule has 0 unspecified atom stereocenters. The van der Waals surface area contributed by atoms with Crippen LogP contribution in [0, 0.1) is 19.3 Å². The van der Waals surface area contributed by atoms with Crippen LogP contribution in [0.4, 0.5) is 4.79 Å². The molecule has 1 fully saturated rings. The highest BCUT2D eigenvalue weighted by atomic mass is 32.2. The lowest BCUT2D eigenvalue weighted by molar-refractivity contribution is -0.122. The predicted molar refractivity (Wildman–Crippen MR) is 72.7 cm³/mol. The Hall–Kier alpha value is -1.99. The molecule has 2 amide bonds. The Morgan fingerprint density at radius 1 is 1.33 bits per heavy atom. The first kappa shape index (κ1) is 12.5. The number of hydrogen-bond donors (Lipinski definition) is 0. The van der Waals surface area contributed by atoms with Crippen LogP contribution in [-0.2, 0) is 4.79 Å². The third kappa shape index (κ3) is 2.47. The van der Waals surface area contributed by atoms with Gasteiger partial charge in [0.1, 0.15) is 0 Å². The summed E-state index contributed by atoms with van der Waals surface area (Å²) in [5.74, 6) is 1.99. The van der Waals surface area contributed by atoms with E-state index in [0.717, 1.165) is 27.8 Å². The van der Waals surface area contributed by atoms with Crippen molar-refractivity contribution in [3.05, 3.63) is 40.3 Å². The van der Waals surface area contributed by atoms with Crippen molar-refractivity contribution in [3.8, 4) is 12.3 Å². The molecule has 0 saturated carbocycles. The van der Waals surface area contributed by atoms with Crippen LogP contribution >= 0.6 is 11.8 Å². The fraction of sp³-hybridized carbons (Fsp3) is 0.143. The van der Waals surface area contributed by atoms with Crippen LogP contribution in [0.5, 0.6) is 0 Å². The molecule has 0 aliphatic carbocycles. The maximum absolute atomic E-state index is 11.9. The lowest BCUT2D eigenvalue weighted by Gasteiger charge is -2.06. The van der Waals surface area contributed by atoms with E-state index in [0.29, 0.717) is 4.91 Å². The number of carbonyl (C=O) groups excluding carboxylic acids is 2. The molecule has 1 aromatic carbocycles. The standard InChI is InChI=1S/C14H11NO2S/c1-3-8-15-13(16)12(18-14(15)17)9-11-6-4-10(2)5-7-11/h1,4-7,9H,8H2,2H3/b12-9+. The third-order valence-electron chi connectivity index (χ3n) is 2.50. The molecule has 1 aromatic rings. The topological polar surface area (TPSA) is 37.4 Å². The van der Waals surface area contributed by atoms with Gasteiger partial charge in [-0.15, -0.1) is 6.42 Å². The summed E-state index contributed by atoms with van der Waals surface area (Å²) < 4.78 is 0. The minimum Gasteiger partial charge on any atom is -0.268 e. The van der Waals surface area contributed by atoms with Crippen LogP contribution in [0.25, 0.3) is 6.08 Å². The van der Waals surface area contributed by atoms with E-state index < -0.39 is 0 Å². The van der Waals surface area contributed by atoms with Crippen LogP contribution in [0.1, 0.15) is 11.1 Å². The van der Waals surface area contributed by atoms with Gasteiger partial charge in [-0.1, -0.05) is 35.7 Å². The van der Waals surface area contributed by atoms with E-state index >= 15 is 0 Å². The first-order chi connectivity index (χ1) is 8.61. The van der Waals surface area contributed by atoms with Crippen molar-refractivity contribution in [2.24, 2.45) is 0 Å². The molecule has 0 aromatic heterocycles. The van der Waals surface area contributed by atoms with Gasteiger partial charge in [-0.3, -0.25) is 14.5 Å². The number of aryl methyl sites for hydroxylation is 1. The number of carbonyl (C=O) groups is 2. The Balaban J connectivity index is 2.25. The van der Waals surface area contributed by atoms with Crippen LogP contribution < -0.4 is 0 Å². The van der Waals surface area contributed by atoms with Crippen molar-refractivity contribution in [2.45, 2.75) is 6.92 Å². The van der Waals surface area contributed by atoms with E-state index in [1.165, 1.54) is 0 Å². The molecule has 1 aliphatic heterocycles. The van der Waals surface area contributed by atoms with E-state index in [2.05, 4.69) is 5.92 Å². The van der Waals surface area contributed by atoms with E-state index in [4.69, 9.17) is 6.42 Å². The smallest absolute Gasteiger partial charge is 0.268 e. The largest absolute Gasteiger partial charge is 0.294 e. The van der Waals surface area contributed by atoms with Crippen LogP contribution in [0.3, 0.4) is 0 Å². The second-order valence-corrected chi connectivity index (χ2v) is 4.88. The minimum absolute atomic E-state index is 0.0237. The van der Waals surface area contributed by atoms with Gasteiger partial charge in [0.25, 0.3) is 11.1 Å². The number of hydrogen-bond acceptors (Lipinski definition) is 3. The fourth-order valence-electron chi connectivity index (χ4n) is 1.54. The highest BCUT2D eigenvalue weighted by molar-refractivity contribution is 8.18. The van der Waals surface area contributed by atoms with Crippen molar-refractivity contribution in [3.63, 3.8) is 0 Å². The SMILES string of the molecule is C#CCN1C(=O)S/C(=C/c2ccc(C)cc2)C1=O. The van der Waals surface area contributed by atoms with E-state index in [9.17, 15) is 9.59 Å². The molecule has 0 radical (unpaired) electrons. The Morgan fingerprint density at radius 2 is 2.00 bits per heavy atom. The first-order valence-corrected chi connectivity index (χ1v) is 6.19. The number of amides is 2. The van der Waals surface area contributed by atoms with Gasteiger partial charge in [0.15, 0.2) is 0 Å². The number of thioether (sulfide) groups is 1. The molecule has 18 heavy (non-hydrogen) atoms. The highest BCUT2D eigenvalue weighted by Crippen LogP contribution is 2.31. The van der Waals surface area contributed by atoms with Crippen molar-refractivity contribution in [1.82, 2.24) is 4.90 Å². The predicted octanol–water partition coefficient (Wildman–Crippen LogP) is 2.66. The normalized spacial score (nSPS) is 17.3. The molecular formula is C14H11NO2S. The summed E-state index contributed by atoms with van der Waals surface area (Å²) in [7, 11) is 0. The maximum Gasteiger partial charge on any atom is 0.294 e. The molecule has 1 heterocycles. The third-order valence-corrected chi connectivity index (χ3v) is 3.41. The number of imide groups is 1. The van der Waals surface area contributed by atoms with Gasteiger partial charge in [0.2, 0.25) is 0 Å². The molecule has 4 heteroatoms. The zero-order chi connectivity index (χ0) is 13.1. The molecule has 3 nitrogen and oxygen atoms in total. The summed E-state index contributed by atoms with van der Waals surface area (Å²) in [5.41, 5.74) is 2.04. The molecule has 0 spiro atoms. The van der Waals surface area contributed by atoms with E-state index in [-0.39, 0.29) is 17.7 Å². The van der Waals surface area contributed by atoms with Gasteiger partial charge >= 0.3 is 0 Å². The number of benzene rings is 1. The highest BCUT2D eigenvalue weighted by Gasteiger charge is 2.34. The maximum atomic E-state index is 11.9. The van der Waals surface area contributed by atoms with Crippen LogP contribution in [0.15, 0.2) is 29.2 Å². The molecule has 90 valence electrons. The lowest BCUT2D eigenvalue weighted by atomic mass is 10.1. The van der Waals surface area contributed by atoms with E-state index in [1.807, 2.05) is 31.2 Å². The Morgan fingerprint density at radius 3 is 2.61 bits per heavy atom. The number of rotatable bonds is 2. The van der Waals surface area contributed by atoms with Crippen LogP contribution in [-0.4, -0.2) is 22.6 Å². The van der Waals surface area contributed by atoms with Gasteiger partial charge in [-0.05, 0) is 30.3 Å². The summed E-state index contributed by atoms with van der Waals surface area (Å²) in [5, 5.41) is -0.309. The average molecular weight is 257 g/mol. The quantitative estimate of drug-likeness (QED) is 0.604. The lowest BCUT2D eigenvalue weighted by Crippen LogP contribution is -2.28. The van der Waals surface area contributed by atoms with Gasteiger partial charge in [-0.2, -0.15) is 0 Å². The summed E-state index contributed by atoms with van der Waals surface area (Å²) in [6.45, 7) is 2.01. The van der Waals surface area contributed by atoms with Crippen LogP contribution in [0.2, 0.25) is 0 Å². The Labute approximate surface area is 110 Å². The Bertz CT molecular complexity index is 566. The number of nitrogens with zero attached hydrogens (tertiary/aromatic N) is 1. The van der Waals surface area contributed by atoms with Crippen molar-refractivity contribution in [2.75, 3.05) is 6.54 Å². The minimum atomic E-state index is -0.316. The molecular weight excluding hydrogens is 246 g/mol. The summed E-state index contributed by atoms with van der Waals surface area (Å²) >= 11 is 0.924. The molecule has 0 atom stereocenters. The zero-order valence-corrected chi connectivity index (χ0v) is 10.7. The summed E-state index contributed by atoms with van der Waals surface area (Å²) in [4.78, 5) is 24.9. The second kappa shape index (κ2) is 5.11. The van der Waals surface area contributed by atoms with Crippen molar-refractivity contribution >= 4 is 29.0 Å². The summed E-state index contributed by atoms with van der Waals surface area (Å²) in [6.07, 6.45) is 6.83. The molecule has 0 N–H and O–H groups in total. The van der Waals surface area contributed by atoms with Gasteiger partial charge in [-0.25, -0.2) is 0 Å². The molecule has 1 aliphatic rings.